The lowest BCUT2D eigenvalue weighted by atomic mass is 9.77. The minimum Gasteiger partial charge on any atom is -0.505 e. The van der Waals surface area contributed by atoms with E-state index in [1.54, 1.807) is 0 Å². The molecule has 1 saturated carbocycles. The molecule has 112 valence electrons. The molecule has 3 fully saturated rings. The molecule has 21 heavy (non-hydrogen) atoms. The van der Waals surface area contributed by atoms with E-state index in [2.05, 4.69) is 19.8 Å². The van der Waals surface area contributed by atoms with Gasteiger partial charge in [0.2, 0.25) is 11.9 Å². The Morgan fingerprint density at radius 2 is 1.71 bits per heavy atom. The first-order valence-electron chi connectivity index (χ1n) is 7.75. The number of anilines is 1. The maximum absolute atomic E-state index is 12.7. The summed E-state index contributed by atoms with van der Waals surface area (Å²) in [5.74, 6) is 1.11. The Balaban J connectivity index is 1.44. The number of hydrogen-bond acceptors (Lipinski definition) is 5. The number of hydrogen-bond donors (Lipinski definition) is 1. The van der Waals surface area contributed by atoms with Gasteiger partial charge in [0, 0.05) is 25.7 Å². The number of carbonyl (C=O) groups excluding carboxylic acids is 1. The smallest absolute Gasteiger partial charge is 0.229 e. The second kappa shape index (κ2) is 4.58. The molecule has 1 amide bonds. The first-order valence-corrected chi connectivity index (χ1v) is 7.75. The minimum absolute atomic E-state index is 0.0817. The van der Waals surface area contributed by atoms with Gasteiger partial charge in [-0.2, -0.15) is 0 Å². The van der Waals surface area contributed by atoms with Gasteiger partial charge < -0.3 is 14.9 Å². The molecular formula is C15H20N4O2. The lowest BCUT2D eigenvalue weighted by Gasteiger charge is -2.37. The average molecular weight is 288 g/mol. The van der Waals surface area contributed by atoms with Crippen molar-refractivity contribution in [2.24, 2.45) is 5.41 Å². The van der Waals surface area contributed by atoms with Crippen LogP contribution in [0.2, 0.25) is 0 Å². The van der Waals surface area contributed by atoms with Gasteiger partial charge >= 0.3 is 0 Å². The van der Waals surface area contributed by atoms with Crippen LogP contribution in [0.5, 0.6) is 5.75 Å². The Kier molecular flexibility index (Phi) is 2.80. The fourth-order valence-electron chi connectivity index (χ4n) is 3.66. The van der Waals surface area contributed by atoms with Gasteiger partial charge in [-0.3, -0.25) is 4.79 Å². The van der Waals surface area contributed by atoms with Crippen LogP contribution in [0, 0.1) is 5.41 Å². The van der Waals surface area contributed by atoms with Crippen molar-refractivity contribution in [2.75, 3.05) is 24.5 Å². The van der Waals surface area contributed by atoms with Gasteiger partial charge in [0.05, 0.1) is 17.8 Å². The van der Waals surface area contributed by atoms with E-state index in [-0.39, 0.29) is 11.2 Å². The van der Waals surface area contributed by atoms with Crippen molar-refractivity contribution < 1.29 is 9.90 Å². The highest BCUT2D eigenvalue weighted by molar-refractivity contribution is 5.85. The fourth-order valence-corrected chi connectivity index (χ4v) is 3.66. The molecule has 0 atom stereocenters. The van der Waals surface area contributed by atoms with Crippen LogP contribution in [-0.2, 0) is 4.79 Å². The predicted octanol–water partition coefficient (Wildman–Crippen LogP) is 1.16. The summed E-state index contributed by atoms with van der Waals surface area (Å²) in [6.07, 6.45) is 8.00. The van der Waals surface area contributed by atoms with Gasteiger partial charge in [0.1, 0.15) is 0 Å². The van der Waals surface area contributed by atoms with Crippen molar-refractivity contribution in [1.82, 2.24) is 14.9 Å². The number of nitrogens with zero attached hydrogens (tertiary/aromatic N) is 4. The molecule has 2 saturated heterocycles. The molecule has 4 rings (SSSR count). The number of piperidine rings is 1. The number of aromatic nitrogens is 2. The molecule has 1 aromatic rings. The molecule has 1 aromatic heterocycles. The third-order valence-corrected chi connectivity index (χ3v) is 5.16. The molecular weight excluding hydrogens is 268 g/mol. The average Bonchev–Trinajstić information content (AvgIpc) is 3.29. The highest BCUT2D eigenvalue weighted by Gasteiger charge is 2.51. The van der Waals surface area contributed by atoms with E-state index < -0.39 is 0 Å². The van der Waals surface area contributed by atoms with E-state index in [1.807, 2.05) is 0 Å². The SMILES string of the molecule is O=C1N(C2CC2)CCC12CCN(c1ncc(O)cn1)CC2. The number of carbonyl (C=O) groups is 1. The van der Waals surface area contributed by atoms with Crippen LogP contribution < -0.4 is 4.90 Å². The summed E-state index contributed by atoms with van der Waals surface area (Å²) in [4.78, 5) is 25.2. The van der Waals surface area contributed by atoms with E-state index in [9.17, 15) is 9.90 Å². The van der Waals surface area contributed by atoms with Crippen LogP contribution in [0.25, 0.3) is 0 Å². The molecule has 6 nitrogen and oxygen atoms in total. The van der Waals surface area contributed by atoms with Gasteiger partial charge in [0.15, 0.2) is 5.75 Å². The van der Waals surface area contributed by atoms with Gasteiger partial charge in [-0.05, 0) is 32.1 Å². The van der Waals surface area contributed by atoms with Crippen molar-refractivity contribution in [3.63, 3.8) is 0 Å². The summed E-state index contributed by atoms with van der Waals surface area (Å²) in [7, 11) is 0. The van der Waals surface area contributed by atoms with Crippen LogP contribution in [0.1, 0.15) is 32.1 Å². The monoisotopic (exact) mass is 288 g/mol. The van der Waals surface area contributed by atoms with Gasteiger partial charge in [-0.25, -0.2) is 9.97 Å². The van der Waals surface area contributed by atoms with E-state index in [0.29, 0.717) is 17.9 Å². The van der Waals surface area contributed by atoms with Crippen LogP contribution in [0.3, 0.4) is 0 Å². The van der Waals surface area contributed by atoms with E-state index in [1.165, 1.54) is 25.2 Å². The van der Waals surface area contributed by atoms with Crippen molar-refractivity contribution in [3.05, 3.63) is 12.4 Å². The van der Waals surface area contributed by atoms with Crippen LogP contribution in [0.4, 0.5) is 5.95 Å². The number of aromatic hydroxyl groups is 1. The molecule has 3 heterocycles. The second-order valence-corrected chi connectivity index (χ2v) is 6.49. The predicted molar refractivity (Wildman–Crippen MR) is 76.9 cm³/mol. The number of rotatable bonds is 2. The lowest BCUT2D eigenvalue weighted by molar-refractivity contribution is -0.137. The molecule has 2 aliphatic heterocycles. The third kappa shape index (κ3) is 2.13. The summed E-state index contributed by atoms with van der Waals surface area (Å²) in [5.41, 5.74) is -0.129. The van der Waals surface area contributed by atoms with E-state index >= 15 is 0 Å². The quantitative estimate of drug-likeness (QED) is 0.884. The van der Waals surface area contributed by atoms with Crippen molar-refractivity contribution >= 4 is 11.9 Å². The van der Waals surface area contributed by atoms with Crippen LogP contribution in [0.15, 0.2) is 12.4 Å². The fraction of sp³-hybridized carbons (Fsp3) is 0.667. The molecule has 0 radical (unpaired) electrons. The minimum atomic E-state index is -0.129. The molecule has 0 bridgehead atoms. The zero-order valence-electron chi connectivity index (χ0n) is 12.0. The molecule has 3 aliphatic rings. The van der Waals surface area contributed by atoms with Crippen LogP contribution >= 0.6 is 0 Å². The largest absolute Gasteiger partial charge is 0.505 e. The Morgan fingerprint density at radius 3 is 2.33 bits per heavy atom. The molecule has 1 N–H and O–H groups in total. The summed E-state index contributed by atoms with van der Waals surface area (Å²) in [6.45, 7) is 2.57. The number of likely N-dealkylation sites (tertiary alicyclic amines) is 1. The van der Waals surface area contributed by atoms with Crippen molar-refractivity contribution in [3.8, 4) is 5.75 Å². The van der Waals surface area contributed by atoms with Gasteiger partial charge in [-0.1, -0.05) is 0 Å². The van der Waals surface area contributed by atoms with E-state index in [0.717, 1.165) is 38.9 Å². The Labute approximate surface area is 123 Å². The maximum Gasteiger partial charge on any atom is 0.229 e. The first-order chi connectivity index (χ1) is 10.2. The van der Waals surface area contributed by atoms with Crippen molar-refractivity contribution in [1.29, 1.82) is 0 Å². The maximum atomic E-state index is 12.7. The summed E-state index contributed by atoms with van der Waals surface area (Å²) < 4.78 is 0. The molecule has 6 heteroatoms. The Hall–Kier alpha value is -1.85. The Morgan fingerprint density at radius 1 is 1.10 bits per heavy atom. The summed E-state index contributed by atoms with van der Waals surface area (Å²) >= 11 is 0. The van der Waals surface area contributed by atoms with Crippen LogP contribution in [-0.4, -0.2) is 51.6 Å². The van der Waals surface area contributed by atoms with Gasteiger partial charge in [-0.15, -0.1) is 0 Å². The topological polar surface area (TPSA) is 69.6 Å². The first kappa shape index (κ1) is 12.9. The summed E-state index contributed by atoms with van der Waals surface area (Å²) in [6, 6.07) is 0.537. The standard InChI is InChI=1S/C15H20N4O2/c20-12-9-16-14(17-10-12)18-6-3-15(4-7-18)5-8-19(13(15)21)11-1-2-11/h9-11,20H,1-8H2. The number of amides is 1. The molecule has 0 unspecified atom stereocenters. The zero-order valence-corrected chi connectivity index (χ0v) is 12.0. The second-order valence-electron chi connectivity index (χ2n) is 6.49. The van der Waals surface area contributed by atoms with Crippen molar-refractivity contribution in [2.45, 2.75) is 38.1 Å². The zero-order chi connectivity index (χ0) is 14.4. The van der Waals surface area contributed by atoms with E-state index in [4.69, 9.17) is 0 Å². The Bertz CT molecular complexity index is 547. The lowest BCUT2D eigenvalue weighted by Crippen LogP contribution is -2.45. The normalized spacial score (nSPS) is 24.9. The van der Waals surface area contributed by atoms with Gasteiger partial charge in [0.25, 0.3) is 0 Å². The highest BCUT2D eigenvalue weighted by Crippen LogP contribution is 2.45. The third-order valence-electron chi connectivity index (χ3n) is 5.16. The summed E-state index contributed by atoms with van der Waals surface area (Å²) in [5, 5.41) is 9.25. The molecule has 0 aromatic carbocycles. The molecule has 1 aliphatic carbocycles. The highest BCUT2D eigenvalue weighted by atomic mass is 16.3. The molecule has 1 spiro atoms.